The molecule has 0 aliphatic rings. The van der Waals surface area contributed by atoms with Crippen LogP contribution in [0.25, 0.3) is 0 Å². The highest BCUT2D eigenvalue weighted by Gasteiger charge is 2.30. The molecular formula is C15H14F3NO2. The molecule has 0 aliphatic carbocycles. The van der Waals surface area contributed by atoms with Crippen LogP contribution in [0, 0.1) is 0 Å². The maximum Gasteiger partial charge on any atom is 0.416 e. The van der Waals surface area contributed by atoms with E-state index < -0.39 is 11.7 Å². The summed E-state index contributed by atoms with van der Waals surface area (Å²) in [5.74, 6) is 0.891. The Balaban J connectivity index is 2.10. The Hall–Kier alpha value is -2.37. The Bertz CT molecular complexity index is 627. The second-order valence-electron chi connectivity index (χ2n) is 4.39. The number of hydrogen-bond donors (Lipinski definition) is 1. The number of benzene rings is 2. The summed E-state index contributed by atoms with van der Waals surface area (Å²) >= 11 is 0. The molecule has 0 aliphatic heterocycles. The predicted octanol–water partition coefficient (Wildman–Crippen LogP) is 3.88. The lowest BCUT2D eigenvalue weighted by atomic mass is 10.2. The van der Waals surface area contributed by atoms with Gasteiger partial charge in [0.15, 0.2) is 0 Å². The van der Waals surface area contributed by atoms with E-state index >= 15 is 0 Å². The maximum absolute atomic E-state index is 12.5. The van der Waals surface area contributed by atoms with E-state index in [2.05, 4.69) is 0 Å². The van der Waals surface area contributed by atoms with Crippen LogP contribution < -0.4 is 15.2 Å². The predicted molar refractivity (Wildman–Crippen MR) is 73.2 cm³/mol. The summed E-state index contributed by atoms with van der Waals surface area (Å²) in [6.45, 7) is 0.187. The van der Waals surface area contributed by atoms with Crippen molar-refractivity contribution in [2.75, 3.05) is 12.8 Å². The molecule has 0 radical (unpaired) electrons. The zero-order valence-electron chi connectivity index (χ0n) is 11.3. The third kappa shape index (κ3) is 3.81. The number of rotatable bonds is 4. The molecule has 0 bridgehead atoms. The highest BCUT2D eigenvalue weighted by molar-refractivity contribution is 5.54. The summed E-state index contributed by atoms with van der Waals surface area (Å²) < 4.78 is 48.1. The zero-order valence-corrected chi connectivity index (χ0v) is 11.3. The van der Waals surface area contributed by atoms with Crippen LogP contribution in [0.1, 0.15) is 11.1 Å². The number of ether oxygens (including phenoxy) is 2. The van der Waals surface area contributed by atoms with Crippen molar-refractivity contribution in [1.82, 2.24) is 0 Å². The number of methoxy groups -OCH3 is 1. The average Bonchev–Trinajstić information content (AvgIpc) is 2.45. The molecule has 2 N–H and O–H groups in total. The van der Waals surface area contributed by atoms with Gasteiger partial charge in [0.1, 0.15) is 18.1 Å². The molecule has 0 saturated heterocycles. The molecule has 0 fully saturated rings. The van der Waals surface area contributed by atoms with Gasteiger partial charge in [-0.1, -0.05) is 12.1 Å². The van der Waals surface area contributed by atoms with Gasteiger partial charge in [-0.25, -0.2) is 0 Å². The smallest absolute Gasteiger partial charge is 0.416 e. The summed E-state index contributed by atoms with van der Waals surface area (Å²) in [4.78, 5) is 0. The van der Waals surface area contributed by atoms with Gasteiger partial charge in [-0.15, -0.1) is 0 Å². The van der Waals surface area contributed by atoms with Crippen LogP contribution in [0.4, 0.5) is 18.9 Å². The van der Waals surface area contributed by atoms with Crippen molar-refractivity contribution in [2.24, 2.45) is 0 Å². The SMILES string of the molecule is COc1cccc(COc2ccc(C(F)(F)F)cc2N)c1. The van der Waals surface area contributed by atoms with Crippen LogP contribution in [0.15, 0.2) is 42.5 Å². The molecular weight excluding hydrogens is 283 g/mol. The van der Waals surface area contributed by atoms with Crippen molar-refractivity contribution in [3.8, 4) is 11.5 Å². The molecule has 0 atom stereocenters. The molecule has 2 aromatic carbocycles. The van der Waals surface area contributed by atoms with Gasteiger partial charge in [0, 0.05) is 0 Å². The van der Waals surface area contributed by atoms with Gasteiger partial charge in [-0.3, -0.25) is 0 Å². The number of hydrogen-bond acceptors (Lipinski definition) is 3. The van der Waals surface area contributed by atoms with Gasteiger partial charge in [0.25, 0.3) is 0 Å². The third-order valence-electron chi connectivity index (χ3n) is 2.87. The van der Waals surface area contributed by atoms with E-state index in [4.69, 9.17) is 15.2 Å². The lowest BCUT2D eigenvalue weighted by Crippen LogP contribution is -2.06. The second kappa shape index (κ2) is 5.95. The fourth-order valence-electron chi connectivity index (χ4n) is 1.78. The topological polar surface area (TPSA) is 44.5 Å². The molecule has 2 aromatic rings. The quantitative estimate of drug-likeness (QED) is 0.871. The number of anilines is 1. The standard InChI is InChI=1S/C15H14F3NO2/c1-20-12-4-2-3-10(7-12)9-21-14-6-5-11(8-13(14)19)15(16,17)18/h2-8H,9,19H2,1H3. The summed E-state index contributed by atoms with van der Waals surface area (Å²) in [5.41, 5.74) is 5.57. The molecule has 0 unspecified atom stereocenters. The Morgan fingerprint density at radius 1 is 1.10 bits per heavy atom. The molecule has 3 nitrogen and oxygen atoms in total. The first-order valence-corrected chi connectivity index (χ1v) is 6.12. The van der Waals surface area contributed by atoms with Crippen molar-refractivity contribution >= 4 is 5.69 Å². The van der Waals surface area contributed by atoms with Gasteiger partial charge in [-0.05, 0) is 35.9 Å². The highest BCUT2D eigenvalue weighted by Crippen LogP contribution is 2.33. The second-order valence-corrected chi connectivity index (χ2v) is 4.39. The first kappa shape index (κ1) is 15.0. The van der Waals surface area contributed by atoms with Crippen molar-refractivity contribution in [3.63, 3.8) is 0 Å². The molecule has 0 aromatic heterocycles. The van der Waals surface area contributed by atoms with E-state index in [0.29, 0.717) is 5.75 Å². The molecule has 0 heterocycles. The van der Waals surface area contributed by atoms with Crippen LogP contribution in [0.5, 0.6) is 11.5 Å². The third-order valence-corrected chi connectivity index (χ3v) is 2.87. The van der Waals surface area contributed by atoms with E-state index in [0.717, 1.165) is 17.7 Å². The van der Waals surface area contributed by atoms with Crippen molar-refractivity contribution in [3.05, 3.63) is 53.6 Å². The molecule has 2 rings (SSSR count). The maximum atomic E-state index is 12.5. The summed E-state index contributed by atoms with van der Waals surface area (Å²) in [7, 11) is 1.55. The summed E-state index contributed by atoms with van der Waals surface area (Å²) in [6, 6.07) is 10.2. The Morgan fingerprint density at radius 3 is 2.48 bits per heavy atom. The minimum atomic E-state index is -4.42. The minimum absolute atomic E-state index is 0.0484. The zero-order chi connectivity index (χ0) is 15.5. The molecule has 21 heavy (non-hydrogen) atoms. The van der Waals surface area contributed by atoms with E-state index in [9.17, 15) is 13.2 Å². The van der Waals surface area contributed by atoms with E-state index in [1.54, 1.807) is 25.3 Å². The number of halogens is 3. The number of alkyl halides is 3. The normalized spacial score (nSPS) is 11.2. The average molecular weight is 297 g/mol. The van der Waals surface area contributed by atoms with Gasteiger partial charge in [0.05, 0.1) is 18.4 Å². The first-order chi connectivity index (χ1) is 9.90. The van der Waals surface area contributed by atoms with Crippen LogP contribution in [0.3, 0.4) is 0 Å². The monoisotopic (exact) mass is 297 g/mol. The van der Waals surface area contributed by atoms with Gasteiger partial charge < -0.3 is 15.2 Å². The van der Waals surface area contributed by atoms with Crippen molar-refractivity contribution in [2.45, 2.75) is 12.8 Å². The van der Waals surface area contributed by atoms with Crippen LogP contribution in [-0.4, -0.2) is 7.11 Å². The molecule has 6 heteroatoms. The first-order valence-electron chi connectivity index (χ1n) is 6.12. The summed E-state index contributed by atoms with van der Waals surface area (Å²) in [6.07, 6.45) is -4.42. The number of nitrogen functional groups attached to an aromatic ring is 1. The van der Waals surface area contributed by atoms with Gasteiger partial charge in [0.2, 0.25) is 0 Å². The van der Waals surface area contributed by atoms with E-state index in [1.165, 1.54) is 6.07 Å². The van der Waals surface area contributed by atoms with Crippen LogP contribution in [0.2, 0.25) is 0 Å². The van der Waals surface area contributed by atoms with Crippen molar-refractivity contribution in [1.29, 1.82) is 0 Å². The molecule has 0 spiro atoms. The van der Waals surface area contributed by atoms with E-state index in [1.807, 2.05) is 6.07 Å². The van der Waals surface area contributed by atoms with Crippen LogP contribution in [-0.2, 0) is 12.8 Å². The van der Waals surface area contributed by atoms with Crippen LogP contribution >= 0.6 is 0 Å². The fraction of sp³-hybridized carbons (Fsp3) is 0.200. The lowest BCUT2D eigenvalue weighted by Gasteiger charge is -2.12. The minimum Gasteiger partial charge on any atom is -0.497 e. The number of nitrogens with two attached hydrogens (primary N) is 1. The molecule has 0 amide bonds. The summed E-state index contributed by atoms with van der Waals surface area (Å²) in [5, 5.41) is 0. The molecule has 112 valence electrons. The Labute approximate surface area is 120 Å². The van der Waals surface area contributed by atoms with Gasteiger partial charge in [-0.2, -0.15) is 13.2 Å². The highest BCUT2D eigenvalue weighted by atomic mass is 19.4. The van der Waals surface area contributed by atoms with E-state index in [-0.39, 0.29) is 18.0 Å². The fourth-order valence-corrected chi connectivity index (χ4v) is 1.78. The largest absolute Gasteiger partial charge is 0.497 e. The van der Waals surface area contributed by atoms with Gasteiger partial charge >= 0.3 is 6.18 Å². The Morgan fingerprint density at radius 2 is 1.86 bits per heavy atom. The lowest BCUT2D eigenvalue weighted by molar-refractivity contribution is -0.137. The van der Waals surface area contributed by atoms with Crippen molar-refractivity contribution < 1.29 is 22.6 Å². The Kier molecular flexibility index (Phi) is 4.26. The molecule has 0 saturated carbocycles.